The number of amides is 3. The molecular weight excluding hydrogens is 344 g/mol. The van der Waals surface area contributed by atoms with Gasteiger partial charge in [0, 0.05) is 13.0 Å². The first kappa shape index (κ1) is 18.6. The molecule has 0 bridgehead atoms. The van der Waals surface area contributed by atoms with Gasteiger partial charge in [-0.1, -0.05) is 23.8 Å². The molecule has 2 aromatic carbocycles. The van der Waals surface area contributed by atoms with Crippen LogP contribution in [0, 0.1) is 6.92 Å². The summed E-state index contributed by atoms with van der Waals surface area (Å²) < 4.78 is 5.68. The Kier molecular flexibility index (Phi) is 5.26. The van der Waals surface area contributed by atoms with E-state index in [2.05, 4.69) is 5.32 Å². The first-order valence-electron chi connectivity index (χ1n) is 8.89. The van der Waals surface area contributed by atoms with E-state index < -0.39 is 0 Å². The maximum Gasteiger partial charge on any atom is 0.261 e. The largest absolute Gasteiger partial charge is 0.489 e. The quantitative estimate of drug-likeness (QED) is 0.795. The lowest BCUT2D eigenvalue weighted by Crippen LogP contribution is -2.32. The molecule has 0 spiro atoms. The van der Waals surface area contributed by atoms with Gasteiger partial charge in [0.1, 0.15) is 5.75 Å². The Morgan fingerprint density at radius 3 is 2.52 bits per heavy atom. The molecule has 6 nitrogen and oxygen atoms in total. The number of nitrogens with one attached hydrogen (secondary N) is 1. The van der Waals surface area contributed by atoms with Crippen LogP contribution in [0.2, 0.25) is 0 Å². The highest BCUT2D eigenvalue weighted by molar-refractivity contribution is 6.21. The van der Waals surface area contributed by atoms with Crippen molar-refractivity contribution in [2.24, 2.45) is 0 Å². The first-order chi connectivity index (χ1) is 12.9. The van der Waals surface area contributed by atoms with E-state index in [0.29, 0.717) is 22.6 Å². The smallest absolute Gasteiger partial charge is 0.261 e. The number of carbonyl (C=O) groups is 3. The predicted molar refractivity (Wildman–Crippen MR) is 102 cm³/mol. The van der Waals surface area contributed by atoms with Gasteiger partial charge in [0.05, 0.1) is 22.9 Å². The number of hydrogen-bond donors (Lipinski definition) is 1. The van der Waals surface area contributed by atoms with Crippen molar-refractivity contribution in [3.8, 4) is 5.75 Å². The summed E-state index contributed by atoms with van der Waals surface area (Å²) in [6.07, 6.45) is -0.00893. The number of fused-ring (bicyclic) bond motifs is 1. The van der Waals surface area contributed by atoms with Crippen LogP contribution in [0.1, 0.15) is 46.5 Å². The second kappa shape index (κ2) is 7.61. The fraction of sp³-hybridized carbons (Fsp3) is 0.286. The molecular formula is C21H22N2O4. The van der Waals surface area contributed by atoms with Gasteiger partial charge in [0.15, 0.2) is 0 Å². The third kappa shape index (κ3) is 4.00. The fourth-order valence-corrected chi connectivity index (χ4v) is 2.96. The van der Waals surface area contributed by atoms with E-state index >= 15 is 0 Å². The zero-order valence-corrected chi connectivity index (χ0v) is 15.6. The molecule has 6 heteroatoms. The van der Waals surface area contributed by atoms with Gasteiger partial charge in [0.25, 0.3) is 11.8 Å². The molecule has 0 unspecified atom stereocenters. The maximum absolute atomic E-state index is 12.5. The molecule has 0 aromatic heterocycles. The van der Waals surface area contributed by atoms with Crippen molar-refractivity contribution < 1.29 is 19.1 Å². The molecule has 0 aliphatic carbocycles. The predicted octanol–water partition coefficient (Wildman–Crippen LogP) is 3.41. The summed E-state index contributed by atoms with van der Waals surface area (Å²) in [6.45, 7) is 5.71. The normalized spacial score (nSPS) is 13.1. The van der Waals surface area contributed by atoms with E-state index in [1.807, 2.05) is 26.8 Å². The number of hydrogen-bond acceptors (Lipinski definition) is 4. The van der Waals surface area contributed by atoms with Crippen molar-refractivity contribution in [3.05, 3.63) is 59.2 Å². The van der Waals surface area contributed by atoms with Gasteiger partial charge in [0.2, 0.25) is 5.91 Å². The Labute approximate surface area is 158 Å². The van der Waals surface area contributed by atoms with E-state index in [1.165, 1.54) is 0 Å². The first-order valence-corrected chi connectivity index (χ1v) is 8.89. The van der Waals surface area contributed by atoms with Gasteiger partial charge >= 0.3 is 0 Å². The molecule has 0 atom stereocenters. The third-order valence-electron chi connectivity index (χ3n) is 4.21. The van der Waals surface area contributed by atoms with Crippen molar-refractivity contribution in [1.29, 1.82) is 0 Å². The van der Waals surface area contributed by atoms with Crippen LogP contribution < -0.4 is 10.1 Å². The average Bonchev–Trinajstić information content (AvgIpc) is 2.85. The van der Waals surface area contributed by atoms with E-state index in [1.54, 1.807) is 36.4 Å². The van der Waals surface area contributed by atoms with Gasteiger partial charge in [-0.25, -0.2) is 0 Å². The van der Waals surface area contributed by atoms with E-state index in [-0.39, 0.29) is 36.8 Å². The van der Waals surface area contributed by atoms with Crippen molar-refractivity contribution in [2.45, 2.75) is 33.3 Å². The highest BCUT2D eigenvalue weighted by atomic mass is 16.5. The van der Waals surface area contributed by atoms with Gasteiger partial charge in [-0.05, 0) is 45.0 Å². The number of para-hydroxylation sites is 2. The molecule has 140 valence electrons. The maximum atomic E-state index is 12.5. The topological polar surface area (TPSA) is 75.7 Å². The summed E-state index contributed by atoms with van der Waals surface area (Å²) in [5.41, 5.74) is 2.27. The number of ether oxygens (including phenoxy) is 1. The van der Waals surface area contributed by atoms with Crippen molar-refractivity contribution in [2.75, 3.05) is 11.9 Å². The van der Waals surface area contributed by atoms with Crippen LogP contribution in [-0.4, -0.2) is 35.3 Å². The highest BCUT2D eigenvalue weighted by Crippen LogP contribution is 2.26. The molecule has 27 heavy (non-hydrogen) atoms. The molecule has 0 radical (unpaired) electrons. The lowest BCUT2D eigenvalue weighted by Gasteiger charge is -2.16. The molecule has 2 aromatic rings. The minimum absolute atomic E-state index is 0.0143. The number of benzene rings is 2. The van der Waals surface area contributed by atoms with Gasteiger partial charge < -0.3 is 10.1 Å². The standard InChI is InChI=1S/C21H22N2O4/c1-13(2)27-18-7-5-4-6-17(18)22-19(24)10-11-23-20(25)15-9-8-14(3)12-16(15)21(23)26/h4-9,12-13H,10-11H2,1-3H3,(H,22,24). The van der Waals surface area contributed by atoms with Crippen molar-refractivity contribution in [1.82, 2.24) is 4.90 Å². The molecule has 1 aliphatic heterocycles. The summed E-state index contributed by atoms with van der Waals surface area (Å²) in [6, 6.07) is 12.3. The van der Waals surface area contributed by atoms with E-state index in [9.17, 15) is 14.4 Å². The zero-order chi connectivity index (χ0) is 19.6. The molecule has 3 rings (SSSR count). The summed E-state index contributed by atoms with van der Waals surface area (Å²) >= 11 is 0. The number of anilines is 1. The van der Waals surface area contributed by atoms with E-state index in [4.69, 9.17) is 4.74 Å². The van der Waals surface area contributed by atoms with Crippen LogP contribution in [0.15, 0.2) is 42.5 Å². The minimum Gasteiger partial charge on any atom is -0.489 e. The van der Waals surface area contributed by atoms with E-state index in [0.717, 1.165) is 10.5 Å². The molecule has 0 fully saturated rings. The summed E-state index contributed by atoms with van der Waals surface area (Å²) in [7, 11) is 0. The Bertz CT molecular complexity index is 905. The lowest BCUT2D eigenvalue weighted by atomic mass is 10.1. The fourth-order valence-electron chi connectivity index (χ4n) is 2.96. The third-order valence-corrected chi connectivity index (χ3v) is 4.21. The summed E-state index contributed by atoms with van der Waals surface area (Å²) in [5.74, 6) is -0.416. The number of carbonyl (C=O) groups excluding carboxylic acids is 3. The van der Waals surface area contributed by atoms with Gasteiger partial charge in [-0.15, -0.1) is 0 Å². The number of rotatable bonds is 6. The van der Waals surface area contributed by atoms with Crippen LogP contribution in [0.25, 0.3) is 0 Å². The zero-order valence-electron chi connectivity index (χ0n) is 15.6. The van der Waals surface area contributed by atoms with Gasteiger partial charge in [-0.2, -0.15) is 0 Å². The second-order valence-electron chi connectivity index (χ2n) is 6.77. The number of aryl methyl sites for hydroxylation is 1. The van der Waals surface area contributed by atoms with Crippen LogP contribution in [0.3, 0.4) is 0 Å². The van der Waals surface area contributed by atoms with Crippen LogP contribution in [-0.2, 0) is 4.79 Å². The van der Waals surface area contributed by atoms with Crippen LogP contribution >= 0.6 is 0 Å². The SMILES string of the molecule is Cc1ccc2c(c1)C(=O)N(CCC(=O)Nc1ccccc1OC(C)C)C2=O. The summed E-state index contributed by atoms with van der Waals surface area (Å²) in [5, 5.41) is 2.79. The van der Waals surface area contributed by atoms with Crippen LogP contribution in [0.4, 0.5) is 5.69 Å². The molecule has 1 aliphatic rings. The Hall–Kier alpha value is -3.15. The lowest BCUT2D eigenvalue weighted by molar-refractivity contribution is -0.116. The molecule has 0 saturated carbocycles. The van der Waals surface area contributed by atoms with Crippen LogP contribution in [0.5, 0.6) is 5.75 Å². The molecule has 1 N–H and O–H groups in total. The monoisotopic (exact) mass is 366 g/mol. The Balaban J connectivity index is 1.64. The Morgan fingerprint density at radius 2 is 1.78 bits per heavy atom. The van der Waals surface area contributed by atoms with Crippen molar-refractivity contribution in [3.63, 3.8) is 0 Å². The number of imide groups is 1. The molecule has 1 heterocycles. The van der Waals surface area contributed by atoms with Gasteiger partial charge in [-0.3, -0.25) is 19.3 Å². The highest BCUT2D eigenvalue weighted by Gasteiger charge is 2.35. The Morgan fingerprint density at radius 1 is 1.07 bits per heavy atom. The molecule has 0 saturated heterocycles. The summed E-state index contributed by atoms with van der Waals surface area (Å²) in [4.78, 5) is 38.3. The van der Waals surface area contributed by atoms with Crippen molar-refractivity contribution >= 4 is 23.4 Å². The number of nitrogens with zero attached hydrogens (tertiary/aromatic N) is 1. The second-order valence-corrected chi connectivity index (χ2v) is 6.77. The minimum atomic E-state index is -0.355. The molecule has 3 amide bonds. The average molecular weight is 366 g/mol.